The third-order valence-electron chi connectivity index (χ3n) is 12.2. The van der Waals surface area contributed by atoms with Crippen LogP contribution in [-0.4, -0.2) is 24.5 Å². The standard InChI is InChI=1S/C50H38N6/c1-49(2)41-17-9-5-13-35(41)37-23-21-31(25-43(37)49)55(32-22-24-38-36-14-6-10-18-42(36)50(3,4)44(38)26-32)33-27-51-47(52-28-33)48-53-29-34(30-54-48)56-45-19-11-7-15-39(45)40-16-8-12-20-46(40)56/h5-30H,1-4H3. The fourth-order valence-corrected chi connectivity index (χ4v) is 9.41. The summed E-state index contributed by atoms with van der Waals surface area (Å²) in [7, 11) is 0. The van der Waals surface area contributed by atoms with Crippen LogP contribution in [0.15, 0.2) is 158 Å². The van der Waals surface area contributed by atoms with Gasteiger partial charge < -0.3 is 9.47 Å². The first-order chi connectivity index (χ1) is 27.3. The molecule has 0 saturated heterocycles. The molecule has 0 atom stereocenters. The summed E-state index contributed by atoms with van der Waals surface area (Å²) in [6, 6.07) is 48.2. The zero-order valence-corrected chi connectivity index (χ0v) is 31.7. The summed E-state index contributed by atoms with van der Waals surface area (Å²) in [5, 5.41) is 2.40. The maximum Gasteiger partial charge on any atom is 0.197 e. The highest BCUT2D eigenvalue weighted by Gasteiger charge is 2.37. The zero-order chi connectivity index (χ0) is 37.8. The minimum Gasteiger partial charge on any atom is -0.308 e. The Morgan fingerprint density at radius 1 is 0.411 bits per heavy atom. The summed E-state index contributed by atoms with van der Waals surface area (Å²) in [6.45, 7) is 9.30. The van der Waals surface area contributed by atoms with E-state index < -0.39 is 0 Å². The third-order valence-corrected chi connectivity index (χ3v) is 12.2. The van der Waals surface area contributed by atoms with E-state index in [4.69, 9.17) is 19.9 Å². The first-order valence-corrected chi connectivity index (χ1v) is 19.2. The Balaban J connectivity index is 1.00. The van der Waals surface area contributed by atoms with Crippen LogP contribution in [0.1, 0.15) is 49.9 Å². The number of nitrogens with zero attached hydrogens (tertiary/aromatic N) is 6. The second kappa shape index (κ2) is 11.8. The molecule has 0 aliphatic heterocycles. The smallest absolute Gasteiger partial charge is 0.197 e. The predicted molar refractivity (Wildman–Crippen MR) is 227 cm³/mol. The molecule has 0 spiro atoms. The van der Waals surface area contributed by atoms with E-state index >= 15 is 0 Å². The van der Waals surface area contributed by atoms with Crippen LogP contribution in [0, 0.1) is 0 Å². The van der Waals surface area contributed by atoms with E-state index in [2.05, 4.69) is 171 Å². The first-order valence-electron chi connectivity index (χ1n) is 19.2. The molecular formula is C50H38N6. The first kappa shape index (κ1) is 32.5. The Hall–Kier alpha value is -6.92. The molecule has 0 amide bonds. The average Bonchev–Trinajstić information content (AvgIpc) is 3.78. The van der Waals surface area contributed by atoms with Gasteiger partial charge in [0.15, 0.2) is 11.6 Å². The molecule has 3 heterocycles. The van der Waals surface area contributed by atoms with Crippen LogP contribution < -0.4 is 4.90 Å². The highest BCUT2D eigenvalue weighted by molar-refractivity contribution is 6.09. The molecule has 11 rings (SSSR count). The fraction of sp³-hybridized carbons (Fsp3) is 0.120. The maximum absolute atomic E-state index is 4.90. The van der Waals surface area contributed by atoms with Gasteiger partial charge in [-0.05, 0) is 80.9 Å². The van der Waals surface area contributed by atoms with Crippen molar-refractivity contribution in [1.29, 1.82) is 0 Å². The monoisotopic (exact) mass is 722 g/mol. The number of fused-ring (bicyclic) bond motifs is 9. The van der Waals surface area contributed by atoms with Crippen molar-refractivity contribution in [1.82, 2.24) is 24.5 Å². The third kappa shape index (κ3) is 4.62. The molecule has 0 saturated carbocycles. The van der Waals surface area contributed by atoms with Crippen LogP contribution in [0.2, 0.25) is 0 Å². The van der Waals surface area contributed by atoms with Gasteiger partial charge in [-0.3, -0.25) is 0 Å². The minimum absolute atomic E-state index is 0.141. The SMILES string of the molecule is CC1(C)c2ccccc2-c2ccc(N(c3cnc(-c4ncc(-n5c6ccccc6c6ccccc65)cn4)nc3)c3ccc4c(c3)C(C)(C)c3ccccc3-4)cc21. The second-order valence-electron chi connectivity index (χ2n) is 16.0. The number of aromatic nitrogens is 5. The summed E-state index contributed by atoms with van der Waals surface area (Å²) in [4.78, 5) is 21.7. The van der Waals surface area contributed by atoms with E-state index in [-0.39, 0.29) is 10.8 Å². The van der Waals surface area contributed by atoms with E-state index in [0.29, 0.717) is 11.6 Å². The molecule has 2 aliphatic carbocycles. The van der Waals surface area contributed by atoms with Gasteiger partial charge in [0.25, 0.3) is 0 Å². The lowest BCUT2D eigenvalue weighted by molar-refractivity contribution is 0.660. The minimum atomic E-state index is -0.141. The van der Waals surface area contributed by atoms with Gasteiger partial charge in [-0.2, -0.15) is 0 Å². The van der Waals surface area contributed by atoms with Crippen LogP contribution >= 0.6 is 0 Å². The van der Waals surface area contributed by atoms with E-state index in [1.54, 1.807) is 0 Å². The van der Waals surface area contributed by atoms with Gasteiger partial charge in [0, 0.05) is 33.0 Å². The van der Waals surface area contributed by atoms with Gasteiger partial charge >= 0.3 is 0 Å². The summed E-state index contributed by atoms with van der Waals surface area (Å²) in [6.07, 6.45) is 7.51. The Morgan fingerprint density at radius 2 is 0.821 bits per heavy atom. The lowest BCUT2D eigenvalue weighted by Crippen LogP contribution is -2.18. The summed E-state index contributed by atoms with van der Waals surface area (Å²) in [5.41, 5.74) is 16.3. The lowest BCUT2D eigenvalue weighted by Gasteiger charge is -2.29. The van der Waals surface area contributed by atoms with Crippen molar-refractivity contribution in [3.05, 3.63) is 181 Å². The van der Waals surface area contributed by atoms with E-state index in [9.17, 15) is 0 Å². The van der Waals surface area contributed by atoms with Crippen LogP contribution in [0.3, 0.4) is 0 Å². The second-order valence-corrected chi connectivity index (χ2v) is 16.0. The Morgan fingerprint density at radius 3 is 1.32 bits per heavy atom. The maximum atomic E-state index is 4.90. The van der Waals surface area contributed by atoms with Crippen LogP contribution in [-0.2, 0) is 10.8 Å². The number of rotatable bonds is 5. The van der Waals surface area contributed by atoms with Crippen molar-refractivity contribution >= 4 is 38.9 Å². The van der Waals surface area contributed by atoms with Crippen molar-refractivity contribution in [2.75, 3.05) is 4.90 Å². The van der Waals surface area contributed by atoms with Crippen molar-refractivity contribution < 1.29 is 0 Å². The Labute approximate surface area is 325 Å². The van der Waals surface area contributed by atoms with Crippen LogP contribution in [0.25, 0.3) is 61.4 Å². The molecule has 0 bridgehead atoms. The molecule has 6 aromatic carbocycles. The molecule has 3 aromatic heterocycles. The zero-order valence-electron chi connectivity index (χ0n) is 31.7. The summed E-state index contributed by atoms with van der Waals surface area (Å²) in [5.74, 6) is 0.945. The summed E-state index contributed by atoms with van der Waals surface area (Å²) < 4.78 is 2.21. The van der Waals surface area contributed by atoms with Gasteiger partial charge in [-0.15, -0.1) is 0 Å². The van der Waals surface area contributed by atoms with E-state index in [1.807, 2.05) is 24.8 Å². The number of hydrogen-bond acceptors (Lipinski definition) is 5. The number of hydrogen-bond donors (Lipinski definition) is 0. The highest BCUT2D eigenvalue weighted by atomic mass is 15.2. The predicted octanol–water partition coefficient (Wildman–Crippen LogP) is 12.1. The molecule has 0 fully saturated rings. The van der Waals surface area contributed by atoms with Gasteiger partial charge in [-0.1, -0.05) is 125 Å². The van der Waals surface area contributed by atoms with E-state index in [0.717, 1.165) is 33.8 Å². The quantitative estimate of drug-likeness (QED) is 0.177. The molecule has 9 aromatic rings. The number of anilines is 3. The Kier molecular flexibility index (Phi) is 6.84. The molecule has 6 nitrogen and oxygen atoms in total. The van der Waals surface area contributed by atoms with Gasteiger partial charge in [0.2, 0.25) is 0 Å². The van der Waals surface area contributed by atoms with Crippen molar-refractivity contribution in [2.45, 2.75) is 38.5 Å². The van der Waals surface area contributed by atoms with Crippen molar-refractivity contribution in [3.63, 3.8) is 0 Å². The highest BCUT2D eigenvalue weighted by Crippen LogP contribution is 2.53. The molecule has 6 heteroatoms. The van der Waals surface area contributed by atoms with Crippen LogP contribution in [0.5, 0.6) is 0 Å². The molecule has 56 heavy (non-hydrogen) atoms. The average molecular weight is 723 g/mol. The normalized spacial score (nSPS) is 14.4. The number of para-hydroxylation sites is 2. The van der Waals surface area contributed by atoms with E-state index in [1.165, 1.54) is 55.3 Å². The fourth-order valence-electron chi connectivity index (χ4n) is 9.41. The molecule has 268 valence electrons. The molecular weight excluding hydrogens is 685 g/mol. The van der Waals surface area contributed by atoms with Gasteiger partial charge in [-0.25, -0.2) is 19.9 Å². The lowest BCUT2D eigenvalue weighted by atomic mass is 9.82. The van der Waals surface area contributed by atoms with Gasteiger partial charge in [0.1, 0.15) is 0 Å². The topological polar surface area (TPSA) is 59.7 Å². The Bertz CT molecular complexity index is 2870. The van der Waals surface area contributed by atoms with Crippen LogP contribution in [0.4, 0.5) is 17.1 Å². The molecule has 0 unspecified atom stereocenters. The van der Waals surface area contributed by atoms with Gasteiger partial charge in [0.05, 0.1) is 47.2 Å². The number of benzene rings is 6. The summed E-state index contributed by atoms with van der Waals surface area (Å²) >= 11 is 0. The molecule has 0 radical (unpaired) electrons. The molecule has 0 N–H and O–H groups in total. The van der Waals surface area contributed by atoms with Crippen molar-refractivity contribution in [3.8, 4) is 39.6 Å². The largest absolute Gasteiger partial charge is 0.308 e. The molecule has 2 aliphatic rings. The van der Waals surface area contributed by atoms with Crippen molar-refractivity contribution in [2.24, 2.45) is 0 Å².